The number of sulfonamides is 1. The van der Waals surface area contributed by atoms with Gasteiger partial charge in [-0.3, -0.25) is 4.98 Å². The van der Waals surface area contributed by atoms with Gasteiger partial charge in [-0.15, -0.1) is 0 Å². The molecule has 35 heavy (non-hydrogen) atoms. The molecule has 0 saturated heterocycles. The highest BCUT2D eigenvalue weighted by Crippen LogP contribution is 2.24. The van der Waals surface area contributed by atoms with Crippen molar-refractivity contribution in [2.45, 2.75) is 18.7 Å². The van der Waals surface area contributed by atoms with Gasteiger partial charge in [0.2, 0.25) is 10.0 Å². The van der Waals surface area contributed by atoms with Gasteiger partial charge in [-0.05, 0) is 47.9 Å². The highest BCUT2D eigenvalue weighted by molar-refractivity contribution is 7.89. The van der Waals surface area contributed by atoms with Crippen molar-refractivity contribution in [1.29, 1.82) is 0 Å². The van der Waals surface area contributed by atoms with E-state index < -0.39 is 10.0 Å². The zero-order valence-corrected chi connectivity index (χ0v) is 20.2. The molecule has 3 N–H and O–H groups in total. The second-order valence-electron chi connectivity index (χ2n) is 7.89. The fraction of sp³-hybridized carbons (Fsp3) is 0.222. The molecule has 8 heteroatoms. The third kappa shape index (κ3) is 7.26. The molecule has 0 spiro atoms. The Hall–Kier alpha value is -2.97. The maximum atomic E-state index is 12.8. The Kier molecular flexibility index (Phi) is 9.63. The summed E-state index contributed by atoms with van der Waals surface area (Å²) in [6, 6.07) is 23.0. The van der Waals surface area contributed by atoms with Gasteiger partial charge in [-0.2, -0.15) is 0 Å². The van der Waals surface area contributed by atoms with E-state index >= 15 is 0 Å². The van der Waals surface area contributed by atoms with Gasteiger partial charge in [0.15, 0.2) is 0 Å². The zero-order valence-electron chi connectivity index (χ0n) is 18.7. The molecule has 1 heterocycles. The Morgan fingerprint density at radius 3 is 2.49 bits per heavy atom. The van der Waals surface area contributed by atoms with Crippen LogP contribution in [0.3, 0.4) is 0 Å². The quantitative estimate of drug-likeness (QED) is 0.245. The SMILES string of the molecule is C.O=S(=O)(NCCNCCNc1ccc(Cl)cc1Cc1ccccc1)c1cccc2cnccc12. The number of nitrogens with one attached hydrogen (secondary N) is 3. The van der Waals surface area contributed by atoms with E-state index in [0.29, 0.717) is 36.6 Å². The molecule has 0 unspecified atom stereocenters. The Morgan fingerprint density at radius 1 is 0.857 bits per heavy atom. The largest absolute Gasteiger partial charge is 0.384 e. The van der Waals surface area contributed by atoms with Crippen molar-refractivity contribution in [1.82, 2.24) is 15.0 Å². The van der Waals surface area contributed by atoms with Gasteiger partial charge in [-0.25, -0.2) is 13.1 Å². The van der Waals surface area contributed by atoms with E-state index in [1.807, 2.05) is 42.5 Å². The van der Waals surface area contributed by atoms with E-state index in [1.165, 1.54) is 5.56 Å². The molecule has 0 amide bonds. The number of fused-ring (bicyclic) bond motifs is 1. The molecule has 4 aromatic rings. The molecule has 3 aromatic carbocycles. The predicted molar refractivity (Wildman–Crippen MR) is 146 cm³/mol. The first-order valence-corrected chi connectivity index (χ1v) is 13.0. The van der Waals surface area contributed by atoms with Crippen molar-refractivity contribution in [2.75, 3.05) is 31.5 Å². The second-order valence-corrected chi connectivity index (χ2v) is 10.1. The third-order valence-electron chi connectivity index (χ3n) is 5.45. The third-order valence-corrected chi connectivity index (χ3v) is 7.20. The number of halogens is 1. The van der Waals surface area contributed by atoms with Crippen LogP contribution < -0.4 is 15.4 Å². The molecule has 4 rings (SSSR count). The van der Waals surface area contributed by atoms with Crippen LogP contribution in [0.5, 0.6) is 0 Å². The number of aromatic nitrogens is 1. The minimum absolute atomic E-state index is 0. The van der Waals surface area contributed by atoms with E-state index in [1.54, 1.807) is 30.6 Å². The highest BCUT2D eigenvalue weighted by Gasteiger charge is 2.16. The average Bonchev–Trinajstić information content (AvgIpc) is 2.85. The van der Waals surface area contributed by atoms with Crippen LogP contribution in [0.2, 0.25) is 5.02 Å². The fourth-order valence-electron chi connectivity index (χ4n) is 3.79. The Labute approximate surface area is 212 Å². The van der Waals surface area contributed by atoms with E-state index in [2.05, 4.69) is 32.5 Å². The monoisotopic (exact) mass is 510 g/mol. The van der Waals surface area contributed by atoms with Crippen molar-refractivity contribution < 1.29 is 8.42 Å². The first kappa shape index (κ1) is 26.6. The summed E-state index contributed by atoms with van der Waals surface area (Å²) in [5.41, 5.74) is 3.40. The van der Waals surface area contributed by atoms with Gasteiger partial charge in [0.25, 0.3) is 0 Å². The van der Waals surface area contributed by atoms with E-state index in [4.69, 9.17) is 11.6 Å². The Bertz CT molecular complexity index is 1340. The molecule has 0 aliphatic heterocycles. The van der Waals surface area contributed by atoms with E-state index in [9.17, 15) is 8.42 Å². The lowest BCUT2D eigenvalue weighted by molar-refractivity contribution is 0.577. The minimum Gasteiger partial charge on any atom is -0.384 e. The molecule has 184 valence electrons. The number of hydrogen-bond acceptors (Lipinski definition) is 5. The van der Waals surface area contributed by atoms with Crippen molar-refractivity contribution in [3.63, 3.8) is 0 Å². The summed E-state index contributed by atoms with van der Waals surface area (Å²) in [5, 5.41) is 8.89. The van der Waals surface area contributed by atoms with Crippen LogP contribution in [0.25, 0.3) is 10.8 Å². The summed E-state index contributed by atoms with van der Waals surface area (Å²) in [6.07, 6.45) is 4.06. The molecular formula is C27H31ClN4O2S. The zero-order chi connectivity index (χ0) is 23.8. The molecule has 0 bridgehead atoms. The van der Waals surface area contributed by atoms with Crippen molar-refractivity contribution >= 4 is 38.1 Å². The summed E-state index contributed by atoms with van der Waals surface area (Å²) < 4.78 is 28.2. The standard InChI is InChI=1S/C26H27ClN4O2S.CH4/c27-23-9-10-25(22(18-23)17-20-5-2-1-3-6-20)30-15-13-28-14-16-31-34(32,33)26-8-4-7-21-19-29-12-11-24(21)26;/h1-12,18-19,28,30-31H,13-17H2;1H4. The van der Waals surface area contributed by atoms with Crippen LogP contribution in [0.4, 0.5) is 5.69 Å². The lowest BCUT2D eigenvalue weighted by Gasteiger charge is -2.14. The number of pyridine rings is 1. The number of benzene rings is 3. The molecule has 0 radical (unpaired) electrons. The molecule has 1 aromatic heterocycles. The van der Waals surface area contributed by atoms with E-state index in [-0.39, 0.29) is 12.3 Å². The van der Waals surface area contributed by atoms with Gasteiger partial charge in [-0.1, -0.05) is 61.5 Å². The normalized spacial score (nSPS) is 11.2. The summed E-state index contributed by atoms with van der Waals surface area (Å²) in [4.78, 5) is 4.32. The molecule has 0 saturated carbocycles. The summed E-state index contributed by atoms with van der Waals surface area (Å²) >= 11 is 6.22. The summed E-state index contributed by atoms with van der Waals surface area (Å²) in [5.74, 6) is 0. The maximum absolute atomic E-state index is 12.8. The Balaban J connectivity index is 0.00000342. The fourth-order valence-corrected chi connectivity index (χ4v) is 5.24. The van der Waals surface area contributed by atoms with Crippen LogP contribution in [0.15, 0.2) is 90.1 Å². The molecule has 0 atom stereocenters. The van der Waals surface area contributed by atoms with Crippen molar-refractivity contribution in [3.8, 4) is 0 Å². The number of hydrogen-bond donors (Lipinski definition) is 3. The van der Waals surface area contributed by atoms with Crippen LogP contribution in [0.1, 0.15) is 18.6 Å². The Morgan fingerprint density at radius 2 is 1.66 bits per heavy atom. The number of anilines is 1. The molecular weight excluding hydrogens is 480 g/mol. The van der Waals surface area contributed by atoms with Gasteiger partial charge in [0.05, 0.1) is 4.90 Å². The summed E-state index contributed by atoms with van der Waals surface area (Å²) in [6.45, 7) is 2.20. The molecule has 0 aliphatic rings. The van der Waals surface area contributed by atoms with Gasteiger partial charge >= 0.3 is 0 Å². The number of rotatable bonds is 11. The average molecular weight is 511 g/mol. The van der Waals surface area contributed by atoms with Gasteiger partial charge in [0, 0.05) is 60.1 Å². The van der Waals surface area contributed by atoms with Gasteiger partial charge < -0.3 is 10.6 Å². The topological polar surface area (TPSA) is 83.1 Å². The van der Waals surface area contributed by atoms with E-state index in [0.717, 1.165) is 23.1 Å². The van der Waals surface area contributed by atoms with Crippen LogP contribution in [-0.2, 0) is 16.4 Å². The highest BCUT2D eigenvalue weighted by atomic mass is 35.5. The number of nitrogens with zero attached hydrogens (tertiary/aromatic N) is 1. The van der Waals surface area contributed by atoms with Crippen LogP contribution in [-0.4, -0.2) is 39.6 Å². The molecule has 6 nitrogen and oxygen atoms in total. The lowest BCUT2D eigenvalue weighted by atomic mass is 10.0. The predicted octanol–water partition coefficient (Wildman–Crippen LogP) is 5.10. The maximum Gasteiger partial charge on any atom is 0.241 e. The molecule has 0 fully saturated rings. The first-order chi connectivity index (χ1) is 16.5. The molecule has 0 aliphatic carbocycles. The van der Waals surface area contributed by atoms with Crippen molar-refractivity contribution in [3.05, 3.63) is 101 Å². The summed E-state index contributed by atoms with van der Waals surface area (Å²) in [7, 11) is -3.61. The van der Waals surface area contributed by atoms with Gasteiger partial charge in [0.1, 0.15) is 0 Å². The smallest absolute Gasteiger partial charge is 0.241 e. The van der Waals surface area contributed by atoms with Crippen molar-refractivity contribution in [2.24, 2.45) is 0 Å². The van der Waals surface area contributed by atoms with Crippen LogP contribution >= 0.6 is 11.6 Å². The minimum atomic E-state index is -3.61. The second kappa shape index (κ2) is 12.7. The first-order valence-electron chi connectivity index (χ1n) is 11.1. The lowest BCUT2D eigenvalue weighted by Crippen LogP contribution is -2.33. The van der Waals surface area contributed by atoms with Crippen LogP contribution in [0, 0.1) is 0 Å².